The molecule has 1 saturated heterocycles. The largest absolute Gasteiger partial charge is 0.481 e. The minimum atomic E-state index is -0.819. The molecule has 0 radical (unpaired) electrons. The summed E-state index contributed by atoms with van der Waals surface area (Å²) in [5.74, 6) is -0.819. The van der Waals surface area contributed by atoms with Crippen LogP contribution >= 0.6 is 0 Å². The second kappa shape index (κ2) is 5.77. The lowest BCUT2D eigenvalue weighted by molar-refractivity contribution is -0.139. The molecule has 1 aliphatic rings. The Morgan fingerprint density at radius 3 is 2.21 bits per heavy atom. The maximum Gasteiger partial charge on any atom is 0.410 e. The molecule has 0 atom stereocenters. The van der Waals surface area contributed by atoms with E-state index < -0.39 is 17.1 Å². The van der Waals surface area contributed by atoms with E-state index in [9.17, 15) is 9.59 Å². The van der Waals surface area contributed by atoms with E-state index in [-0.39, 0.29) is 12.5 Å². The van der Waals surface area contributed by atoms with Crippen LogP contribution in [0.3, 0.4) is 0 Å². The van der Waals surface area contributed by atoms with Crippen molar-refractivity contribution in [2.24, 2.45) is 0 Å². The molecule has 0 aromatic carbocycles. The lowest BCUT2D eigenvalue weighted by Gasteiger charge is -2.41. The van der Waals surface area contributed by atoms with Crippen LogP contribution in [0.5, 0.6) is 0 Å². The number of ether oxygens (including phenoxy) is 1. The molecule has 110 valence electrons. The number of amides is 1. The van der Waals surface area contributed by atoms with Crippen LogP contribution in [0.1, 0.15) is 40.0 Å². The summed E-state index contributed by atoms with van der Waals surface area (Å²) in [6, 6.07) is 0. The second-order valence-corrected chi connectivity index (χ2v) is 6.07. The molecule has 0 bridgehead atoms. The molecular formula is C13H24N2O4. The molecule has 6 nitrogen and oxygen atoms in total. The van der Waals surface area contributed by atoms with E-state index in [4.69, 9.17) is 9.84 Å². The van der Waals surface area contributed by atoms with E-state index in [1.807, 2.05) is 20.8 Å². The summed E-state index contributed by atoms with van der Waals surface area (Å²) < 4.78 is 5.31. The van der Waals surface area contributed by atoms with Crippen LogP contribution in [-0.4, -0.2) is 53.3 Å². The Morgan fingerprint density at radius 2 is 1.84 bits per heavy atom. The lowest BCUT2D eigenvalue weighted by atomic mass is 9.84. The van der Waals surface area contributed by atoms with Gasteiger partial charge in [-0.2, -0.15) is 0 Å². The minimum Gasteiger partial charge on any atom is -0.481 e. The Balaban J connectivity index is 2.56. The molecule has 2 N–H and O–H groups in total. The zero-order chi connectivity index (χ0) is 14.7. The fourth-order valence-corrected chi connectivity index (χ4v) is 2.25. The Kier molecular flexibility index (Phi) is 4.79. The van der Waals surface area contributed by atoms with Gasteiger partial charge in [0.05, 0.1) is 6.42 Å². The van der Waals surface area contributed by atoms with Crippen molar-refractivity contribution in [1.82, 2.24) is 10.2 Å². The molecule has 0 aromatic rings. The van der Waals surface area contributed by atoms with Gasteiger partial charge in [0.15, 0.2) is 0 Å². The topological polar surface area (TPSA) is 78.9 Å². The first-order chi connectivity index (χ1) is 8.67. The number of nitrogens with zero attached hydrogens (tertiary/aromatic N) is 1. The number of piperidine rings is 1. The van der Waals surface area contributed by atoms with Crippen LogP contribution in [0, 0.1) is 0 Å². The van der Waals surface area contributed by atoms with Crippen molar-refractivity contribution in [3.05, 3.63) is 0 Å². The molecule has 1 amide bonds. The Bertz CT molecular complexity index is 341. The highest BCUT2D eigenvalue weighted by Crippen LogP contribution is 2.26. The molecule has 1 fully saturated rings. The number of carboxylic acids is 1. The van der Waals surface area contributed by atoms with Crippen molar-refractivity contribution in [2.75, 3.05) is 20.1 Å². The van der Waals surface area contributed by atoms with Gasteiger partial charge in [-0.15, -0.1) is 0 Å². The summed E-state index contributed by atoms with van der Waals surface area (Å²) in [5, 5.41) is 12.0. The summed E-state index contributed by atoms with van der Waals surface area (Å²) in [4.78, 5) is 24.4. The fraction of sp³-hybridized carbons (Fsp3) is 0.846. The van der Waals surface area contributed by atoms with E-state index in [1.165, 1.54) is 0 Å². The third-order valence-electron chi connectivity index (χ3n) is 3.39. The first-order valence-corrected chi connectivity index (χ1v) is 6.56. The second-order valence-electron chi connectivity index (χ2n) is 6.07. The zero-order valence-corrected chi connectivity index (χ0v) is 12.2. The normalized spacial score (nSPS) is 19.1. The third-order valence-corrected chi connectivity index (χ3v) is 3.39. The number of carbonyl (C=O) groups excluding carboxylic acids is 1. The Hall–Kier alpha value is -1.30. The van der Waals surface area contributed by atoms with Crippen LogP contribution in [0.25, 0.3) is 0 Å². The molecule has 19 heavy (non-hydrogen) atoms. The number of carbonyl (C=O) groups is 2. The molecule has 0 spiro atoms. The van der Waals surface area contributed by atoms with Gasteiger partial charge in [-0.25, -0.2) is 4.79 Å². The summed E-state index contributed by atoms with van der Waals surface area (Å²) in [5.41, 5.74) is -0.917. The van der Waals surface area contributed by atoms with Crippen molar-refractivity contribution < 1.29 is 19.4 Å². The standard InChI is InChI=1S/C13H24N2O4/c1-12(2,3)19-11(18)15-7-5-13(14-4,6-8-15)9-10(16)17/h14H,5-9H2,1-4H3,(H,16,17). The summed E-state index contributed by atoms with van der Waals surface area (Å²) in [6.07, 6.45) is 0.989. The predicted molar refractivity (Wildman–Crippen MR) is 71.1 cm³/mol. The lowest BCUT2D eigenvalue weighted by Crippen LogP contribution is -2.54. The number of hydrogen-bond acceptors (Lipinski definition) is 4. The van der Waals surface area contributed by atoms with E-state index in [0.29, 0.717) is 25.9 Å². The van der Waals surface area contributed by atoms with Gasteiger partial charge in [0.1, 0.15) is 5.60 Å². The maximum absolute atomic E-state index is 11.9. The van der Waals surface area contributed by atoms with Crippen LogP contribution < -0.4 is 5.32 Å². The SMILES string of the molecule is CNC1(CC(=O)O)CCN(C(=O)OC(C)(C)C)CC1. The molecule has 0 aromatic heterocycles. The van der Waals surface area contributed by atoms with Gasteiger partial charge < -0.3 is 20.1 Å². The smallest absolute Gasteiger partial charge is 0.410 e. The number of likely N-dealkylation sites (tertiary alicyclic amines) is 1. The van der Waals surface area contributed by atoms with Gasteiger partial charge in [0, 0.05) is 18.6 Å². The van der Waals surface area contributed by atoms with Crippen molar-refractivity contribution in [3.63, 3.8) is 0 Å². The number of carboxylic acid groups (broad SMARTS) is 1. The molecule has 0 unspecified atom stereocenters. The Morgan fingerprint density at radius 1 is 1.32 bits per heavy atom. The van der Waals surface area contributed by atoms with Crippen molar-refractivity contribution >= 4 is 12.1 Å². The maximum atomic E-state index is 11.9. The van der Waals surface area contributed by atoms with Gasteiger partial charge in [-0.05, 0) is 40.7 Å². The van der Waals surface area contributed by atoms with Crippen molar-refractivity contribution in [2.45, 2.75) is 51.2 Å². The summed E-state index contributed by atoms with van der Waals surface area (Å²) in [7, 11) is 1.77. The first kappa shape index (κ1) is 15.8. The predicted octanol–water partition coefficient (Wildman–Crippen LogP) is 1.45. The van der Waals surface area contributed by atoms with Crippen molar-refractivity contribution in [1.29, 1.82) is 0 Å². The number of rotatable bonds is 3. The van der Waals surface area contributed by atoms with Gasteiger partial charge in [0.25, 0.3) is 0 Å². The van der Waals surface area contributed by atoms with Gasteiger partial charge >= 0.3 is 12.1 Å². The minimum absolute atomic E-state index is 0.0751. The van der Waals surface area contributed by atoms with Crippen LogP contribution in [0.2, 0.25) is 0 Å². The molecule has 6 heteroatoms. The quantitative estimate of drug-likeness (QED) is 0.813. The van der Waals surface area contributed by atoms with Crippen LogP contribution in [-0.2, 0) is 9.53 Å². The van der Waals surface area contributed by atoms with E-state index in [2.05, 4.69) is 5.32 Å². The van der Waals surface area contributed by atoms with E-state index in [0.717, 1.165) is 0 Å². The summed E-state index contributed by atoms with van der Waals surface area (Å²) in [6.45, 7) is 6.53. The molecule has 0 saturated carbocycles. The third kappa shape index (κ3) is 4.70. The number of aliphatic carboxylic acids is 1. The Labute approximate surface area is 114 Å². The average Bonchev–Trinajstić information content (AvgIpc) is 2.26. The zero-order valence-electron chi connectivity index (χ0n) is 12.2. The first-order valence-electron chi connectivity index (χ1n) is 6.56. The van der Waals surface area contributed by atoms with E-state index in [1.54, 1.807) is 11.9 Å². The highest BCUT2D eigenvalue weighted by molar-refractivity contribution is 5.69. The van der Waals surface area contributed by atoms with Crippen molar-refractivity contribution in [3.8, 4) is 0 Å². The number of nitrogens with one attached hydrogen (secondary N) is 1. The van der Waals surface area contributed by atoms with Crippen LogP contribution in [0.15, 0.2) is 0 Å². The molecule has 1 rings (SSSR count). The monoisotopic (exact) mass is 272 g/mol. The van der Waals surface area contributed by atoms with E-state index >= 15 is 0 Å². The van der Waals surface area contributed by atoms with Gasteiger partial charge in [-0.3, -0.25) is 4.79 Å². The average molecular weight is 272 g/mol. The molecule has 1 aliphatic heterocycles. The summed E-state index contributed by atoms with van der Waals surface area (Å²) >= 11 is 0. The van der Waals surface area contributed by atoms with Gasteiger partial charge in [-0.1, -0.05) is 0 Å². The highest BCUT2D eigenvalue weighted by Gasteiger charge is 2.37. The molecular weight excluding hydrogens is 248 g/mol. The van der Waals surface area contributed by atoms with Crippen LogP contribution in [0.4, 0.5) is 4.79 Å². The molecule has 0 aliphatic carbocycles. The number of hydrogen-bond donors (Lipinski definition) is 2. The highest BCUT2D eigenvalue weighted by atomic mass is 16.6. The van der Waals surface area contributed by atoms with Gasteiger partial charge in [0.2, 0.25) is 0 Å². The molecule has 1 heterocycles. The fourth-order valence-electron chi connectivity index (χ4n) is 2.25.